The molecule has 19 heavy (non-hydrogen) atoms. The van der Waals surface area contributed by atoms with Crippen molar-refractivity contribution in [3.63, 3.8) is 0 Å². The van der Waals surface area contributed by atoms with Crippen molar-refractivity contribution >= 4 is 0 Å². The quantitative estimate of drug-likeness (QED) is 0.793. The third-order valence-corrected chi connectivity index (χ3v) is 4.00. The van der Waals surface area contributed by atoms with Gasteiger partial charge >= 0.3 is 0 Å². The van der Waals surface area contributed by atoms with Gasteiger partial charge in [0.05, 0.1) is 18.3 Å². The second kappa shape index (κ2) is 6.49. The summed E-state index contributed by atoms with van der Waals surface area (Å²) in [5.41, 5.74) is 0.957. The van der Waals surface area contributed by atoms with Crippen LogP contribution in [0.25, 0.3) is 0 Å². The van der Waals surface area contributed by atoms with E-state index in [2.05, 4.69) is 6.92 Å². The summed E-state index contributed by atoms with van der Waals surface area (Å²) in [5, 5.41) is 10.3. The minimum atomic E-state index is -0.328. The maximum absolute atomic E-state index is 12.9. The van der Waals surface area contributed by atoms with Gasteiger partial charge in [-0.3, -0.25) is 0 Å². The third kappa shape index (κ3) is 3.34. The van der Waals surface area contributed by atoms with E-state index in [4.69, 9.17) is 4.74 Å². The van der Waals surface area contributed by atoms with E-state index in [1.165, 1.54) is 12.1 Å². The smallest absolute Gasteiger partial charge is 0.123 e. The zero-order chi connectivity index (χ0) is 13.8. The molecule has 4 atom stereocenters. The molecule has 2 rings (SSSR count). The monoisotopic (exact) mass is 266 g/mol. The van der Waals surface area contributed by atoms with E-state index in [9.17, 15) is 9.50 Å². The lowest BCUT2D eigenvalue weighted by Crippen LogP contribution is -2.47. The van der Waals surface area contributed by atoms with Crippen molar-refractivity contribution in [2.45, 2.75) is 57.8 Å². The summed E-state index contributed by atoms with van der Waals surface area (Å²) in [7, 11) is 0. The fourth-order valence-corrected chi connectivity index (χ4v) is 2.83. The van der Waals surface area contributed by atoms with Crippen molar-refractivity contribution in [2.75, 3.05) is 0 Å². The lowest BCUT2D eigenvalue weighted by molar-refractivity contribution is -0.214. The van der Waals surface area contributed by atoms with Gasteiger partial charge in [-0.2, -0.15) is 0 Å². The van der Waals surface area contributed by atoms with Gasteiger partial charge in [-0.15, -0.1) is 0 Å². The Hall–Kier alpha value is -0.930. The fraction of sp³-hybridized carbons (Fsp3) is 0.625. The highest BCUT2D eigenvalue weighted by Crippen LogP contribution is 2.43. The number of aliphatic hydroxyl groups is 1. The minimum absolute atomic E-state index is 0.0756. The Morgan fingerprint density at radius 1 is 1.26 bits per heavy atom. The second-order valence-corrected chi connectivity index (χ2v) is 5.45. The topological polar surface area (TPSA) is 29.5 Å². The van der Waals surface area contributed by atoms with Crippen LogP contribution in [0, 0.1) is 11.7 Å². The highest BCUT2D eigenvalue weighted by molar-refractivity contribution is 5.22. The average Bonchev–Trinajstić information content (AvgIpc) is 2.37. The molecule has 1 N–H and O–H groups in total. The van der Waals surface area contributed by atoms with E-state index in [1.54, 1.807) is 12.1 Å². The zero-order valence-electron chi connectivity index (χ0n) is 11.7. The number of halogens is 1. The molecule has 0 bridgehead atoms. The molecule has 0 aliphatic carbocycles. The second-order valence-electron chi connectivity index (χ2n) is 5.45. The predicted octanol–water partition coefficient (Wildman–Crippen LogP) is 3.84. The summed E-state index contributed by atoms with van der Waals surface area (Å²) in [4.78, 5) is 0. The number of ether oxygens (including phenoxy) is 1. The number of hydrogen-bond acceptors (Lipinski definition) is 2. The molecule has 1 saturated heterocycles. The molecule has 1 heterocycles. The molecular formula is C16H23FO2. The van der Waals surface area contributed by atoms with E-state index >= 15 is 0 Å². The summed E-state index contributed by atoms with van der Waals surface area (Å²) >= 11 is 0. The molecular weight excluding hydrogens is 243 g/mol. The first-order valence-corrected chi connectivity index (χ1v) is 7.22. The van der Waals surface area contributed by atoms with Crippen LogP contribution >= 0.6 is 0 Å². The van der Waals surface area contributed by atoms with Crippen molar-refractivity contribution in [2.24, 2.45) is 5.92 Å². The summed E-state index contributed by atoms with van der Waals surface area (Å²) < 4.78 is 18.6. The summed E-state index contributed by atoms with van der Waals surface area (Å²) in [6.07, 6.45) is 3.84. The molecule has 3 heteroatoms. The SMILES string of the molecule is CCCCC[C@@H](O)[C@@H]1[C@@H](C)O[C@H]1c1ccc(F)cc1. The van der Waals surface area contributed by atoms with Crippen LogP contribution in [0.4, 0.5) is 4.39 Å². The van der Waals surface area contributed by atoms with Crippen LogP contribution in [-0.2, 0) is 4.74 Å². The minimum Gasteiger partial charge on any atom is -0.393 e. The average molecular weight is 266 g/mol. The Morgan fingerprint density at radius 3 is 2.53 bits per heavy atom. The largest absolute Gasteiger partial charge is 0.393 e. The van der Waals surface area contributed by atoms with Crippen molar-refractivity contribution in [3.05, 3.63) is 35.6 Å². The zero-order valence-corrected chi connectivity index (χ0v) is 11.7. The normalized spacial score (nSPS) is 27.9. The Balaban J connectivity index is 1.96. The number of rotatable bonds is 6. The van der Waals surface area contributed by atoms with Crippen LogP contribution in [0.1, 0.15) is 51.2 Å². The number of benzene rings is 1. The van der Waals surface area contributed by atoms with Gasteiger partial charge in [0.15, 0.2) is 0 Å². The third-order valence-electron chi connectivity index (χ3n) is 4.00. The van der Waals surface area contributed by atoms with Crippen LogP contribution in [0.15, 0.2) is 24.3 Å². The Morgan fingerprint density at radius 2 is 1.95 bits per heavy atom. The molecule has 0 radical (unpaired) electrons. The van der Waals surface area contributed by atoms with Gasteiger partial charge in [-0.1, -0.05) is 38.3 Å². The van der Waals surface area contributed by atoms with Gasteiger partial charge in [0.25, 0.3) is 0 Å². The Labute approximate surface area is 114 Å². The van der Waals surface area contributed by atoms with E-state index in [1.807, 2.05) is 6.92 Å². The van der Waals surface area contributed by atoms with Gasteiger partial charge in [0.2, 0.25) is 0 Å². The van der Waals surface area contributed by atoms with Gasteiger partial charge in [-0.05, 0) is 31.0 Å². The summed E-state index contributed by atoms with van der Waals surface area (Å²) in [5.74, 6) is -0.113. The highest BCUT2D eigenvalue weighted by atomic mass is 19.1. The molecule has 1 aliphatic rings. The first kappa shape index (κ1) is 14.5. The molecule has 0 unspecified atom stereocenters. The number of hydrogen-bond donors (Lipinski definition) is 1. The molecule has 0 amide bonds. The Kier molecular flexibility index (Phi) is 4.94. The first-order valence-electron chi connectivity index (χ1n) is 7.22. The predicted molar refractivity (Wildman–Crippen MR) is 73.3 cm³/mol. The van der Waals surface area contributed by atoms with Gasteiger partial charge in [0, 0.05) is 5.92 Å². The molecule has 106 valence electrons. The maximum atomic E-state index is 12.9. The lowest BCUT2D eigenvalue weighted by Gasteiger charge is -2.46. The number of unbranched alkanes of at least 4 members (excludes halogenated alkanes) is 2. The van der Waals surface area contributed by atoms with Crippen LogP contribution < -0.4 is 0 Å². The molecule has 1 aliphatic heterocycles. The molecule has 1 aromatic rings. The highest BCUT2D eigenvalue weighted by Gasteiger charge is 2.44. The Bertz CT molecular complexity index is 390. The summed E-state index contributed by atoms with van der Waals surface area (Å²) in [6.45, 7) is 4.15. The molecule has 1 fully saturated rings. The van der Waals surface area contributed by atoms with E-state index < -0.39 is 0 Å². The molecule has 0 aromatic heterocycles. The van der Waals surface area contributed by atoms with Crippen molar-refractivity contribution in [1.29, 1.82) is 0 Å². The standard InChI is InChI=1S/C16H23FO2/c1-3-4-5-6-14(18)15-11(2)19-16(15)12-7-9-13(17)10-8-12/h7-11,14-16,18H,3-6H2,1-2H3/t11-,14-,15+,16+/m1/s1. The molecule has 0 saturated carbocycles. The van der Waals surface area contributed by atoms with Gasteiger partial charge < -0.3 is 9.84 Å². The van der Waals surface area contributed by atoms with Crippen molar-refractivity contribution in [3.8, 4) is 0 Å². The van der Waals surface area contributed by atoms with Crippen LogP contribution in [0.3, 0.4) is 0 Å². The van der Waals surface area contributed by atoms with E-state index in [-0.39, 0.29) is 30.0 Å². The van der Waals surface area contributed by atoms with Crippen molar-refractivity contribution < 1.29 is 14.2 Å². The van der Waals surface area contributed by atoms with E-state index in [0.29, 0.717) is 0 Å². The molecule has 0 spiro atoms. The van der Waals surface area contributed by atoms with Crippen LogP contribution in [0.5, 0.6) is 0 Å². The van der Waals surface area contributed by atoms with Crippen LogP contribution in [0.2, 0.25) is 0 Å². The van der Waals surface area contributed by atoms with Gasteiger partial charge in [0.1, 0.15) is 5.82 Å². The molecule has 1 aromatic carbocycles. The number of aliphatic hydroxyl groups excluding tert-OH is 1. The van der Waals surface area contributed by atoms with Crippen LogP contribution in [-0.4, -0.2) is 17.3 Å². The lowest BCUT2D eigenvalue weighted by atomic mass is 9.80. The van der Waals surface area contributed by atoms with Gasteiger partial charge in [-0.25, -0.2) is 4.39 Å². The van der Waals surface area contributed by atoms with E-state index in [0.717, 1.165) is 31.2 Å². The first-order chi connectivity index (χ1) is 9.13. The van der Waals surface area contributed by atoms with Crippen molar-refractivity contribution in [1.82, 2.24) is 0 Å². The maximum Gasteiger partial charge on any atom is 0.123 e. The fourth-order valence-electron chi connectivity index (χ4n) is 2.83. The molecule has 2 nitrogen and oxygen atoms in total. The summed E-state index contributed by atoms with van der Waals surface area (Å²) in [6, 6.07) is 6.39.